The SMILES string of the molecule is Cc1cc(NC(=O)[C@@H]2CCCS2)n(-c2ccccc2F)n1. The fourth-order valence-corrected chi connectivity index (χ4v) is 3.55. The fourth-order valence-electron chi connectivity index (χ4n) is 2.39. The molecule has 1 fully saturated rings. The van der Waals surface area contributed by atoms with Crippen molar-refractivity contribution in [3.63, 3.8) is 0 Å². The van der Waals surface area contributed by atoms with Crippen LogP contribution in [0.3, 0.4) is 0 Å². The lowest BCUT2D eigenvalue weighted by Crippen LogP contribution is -2.24. The van der Waals surface area contributed by atoms with Crippen LogP contribution in [-0.2, 0) is 4.79 Å². The Labute approximate surface area is 126 Å². The Morgan fingerprint density at radius 1 is 1.48 bits per heavy atom. The summed E-state index contributed by atoms with van der Waals surface area (Å²) in [4.78, 5) is 12.2. The lowest BCUT2D eigenvalue weighted by atomic mass is 10.2. The predicted octanol–water partition coefficient (Wildman–Crippen LogP) is 3.15. The summed E-state index contributed by atoms with van der Waals surface area (Å²) >= 11 is 1.67. The molecule has 0 bridgehead atoms. The number of amides is 1. The van der Waals surface area contributed by atoms with Gasteiger partial charge in [0.25, 0.3) is 0 Å². The van der Waals surface area contributed by atoms with E-state index in [1.54, 1.807) is 36.0 Å². The summed E-state index contributed by atoms with van der Waals surface area (Å²) in [6, 6.07) is 8.15. The average Bonchev–Trinajstić information content (AvgIpc) is 3.09. The molecular weight excluding hydrogens is 289 g/mol. The fraction of sp³-hybridized carbons (Fsp3) is 0.333. The first kappa shape index (κ1) is 14.1. The number of hydrogen-bond donors (Lipinski definition) is 1. The van der Waals surface area contributed by atoms with Crippen molar-refractivity contribution in [2.75, 3.05) is 11.1 Å². The van der Waals surface area contributed by atoms with Crippen LogP contribution in [-0.4, -0.2) is 26.7 Å². The highest BCUT2D eigenvalue weighted by atomic mass is 32.2. The van der Waals surface area contributed by atoms with Crippen molar-refractivity contribution in [2.24, 2.45) is 0 Å². The minimum Gasteiger partial charge on any atom is -0.310 e. The number of hydrogen-bond acceptors (Lipinski definition) is 3. The number of aromatic nitrogens is 2. The number of anilines is 1. The molecule has 1 atom stereocenters. The van der Waals surface area contributed by atoms with Gasteiger partial charge in [-0.15, -0.1) is 11.8 Å². The van der Waals surface area contributed by atoms with Crippen molar-refractivity contribution in [3.8, 4) is 5.69 Å². The minimum absolute atomic E-state index is 0.0192. The van der Waals surface area contributed by atoms with Crippen molar-refractivity contribution in [2.45, 2.75) is 25.0 Å². The maximum Gasteiger partial charge on any atom is 0.238 e. The van der Waals surface area contributed by atoms with E-state index >= 15 is 0 Å². The van der Waals surface area contributed by atoms with Crippen LogP contribution in [0.1, 0.15) is 18.5 Å². The Bertz CT molecular complexity index is 665. The molecule has 1 N–H and O–H groups in total. The van der Waals surface area contributed by atoms with Crippen LogP contribution in [0.5, 0.6) is 0 Å². The van der Waals surface area contributed by atoms with Gasteiger partial charge in [-0.25, -0.2) is 9.07 Å². The largest absolute Gasteiger partial charge is 0.310 e. The van der Waals surface area contributed by atoms with E-state index < -0.39 is 0 Å². The van der Waals surface area contributed by atoms with Crippen molar-refractivity contribution >= 4 is 23.5 Å². The number of benzene rings is 1. The number of thioether (sulfide) groups is 1. The molecule has 0 spiro atoms. The summed E-state index contributed by atoms with van der Waals surface area (Å²) in [6.45, 7) is 1.82. The zero-order valence-electron chi connectivity index (χ0n) is 11.7. The molecule has 21 heavy (non-hydrogen) atoms. The van der Waals surface area contributed by atoms with Gasteiger partial charge in [0, 0.05) is 6.07 Å². The van der Waals surface area contributed by atoms with Crippen LogP contribution >= 0.6 is 11.8 Å². The van der Waals surface area contributed by atoms with E-state index in [-0.39, 0.29) is 17.0 Å². The van der Waals surface area contributed by atoms with Crippen LogP contribution in [0.2, 0.25) is 0 Å². The summed E-state index contributed by atoms with van der Waals surface area (Å²) in [7, 11) is 0. The molecule has 1 aliphatic rings. The number of rotatable bonds is 3. The third-order valence-corrected chi connectivity index (χ3v) is 4.76. The molecule has 0 aliphatic carbocycles. The second kappa shape index (κ2) is 5.89. The third kappa shape index (κ3) is 2.95. The zero-order chi connectivity index (χ0) is 14.8. The molecule has 1 aromatic heterocycles. The maximum absolute atomic E-state index is 13.9. The topological polar surface area (TPSA) is 46.9 Å². The number of nitrogens with one attached hydrogen (secondary N) is 1. The number of para-hydroxylation sites is 1. The molecule has 2 aromatic rings. The van der Waals surface area contributed by atoms with Crippen LogP contribution in [0, 0.1) is 12.7 Å². The van der Waals surface area contributed by atoms with Gasteiger partial charge in [0.1, 0.15) is 17.3 Å². The first-order valence-corrected chi connectivity index (χ1v) is 7.94. The Morgan fingerprint density at radius 2 is 2.29 bits per heavy atom. The van der Waals surface area contributed by atoms with Crippen LogP contribution in [0.15, 0.2) is 30.3 Å². The number of nitrogens with zero attached hydrogens (tertiary/aromatic N) is 2. The van der Waals surface area contributed by atoms with Crippen molar-refractivity contribution < 1.29 is 9.18 Å². The second-order valence-corrected chi connectivity index (χ2v) is 6.34. The molecule has 4 nitrogen and oxygen atoms in total. The summed E-state index contributed by atoms with van der Waals surface area (Å²) in [5.41, 5.74) is 1.06. The van der Waals surface area contributed by atoms with E-state index in [0.717, 1.165) is 24.3 Å². The molecule has 1 saturated heterocycles. The molecule has 2 heterocycles. The molecule has 3 rings (SSSR count). The van der Waals surface area contributed by atoms with Gasteiger partial charge in [0.15, 0.2) is 0 Å². The van der Waals surface area contributed by atoms with E-state index in [0.29, 0.717) is 11.5 Å². The predicted molar refractivity (Wildman–Crippen MR) is 82.4 cm³/mol. The smallest absolute Gasteiger partial charge is 0.238 e. The van der Waals surface area contributed by atoms with Gasteiger partial charge in [-0.05, 0) is 37.7 Å². The first-order valence-electron chi connectivity index (χ1n) is 6.89. The highest BCUT2D eigenvalue weighted by molar-refractivity contribution is 8.00. The molecule has 1 amide bonds. The van der Waals surface area contributed by atoms with Gasteiger partial charge in [-0.3, -0.25) is 4.79 Å². The molecule has 0 unspecified atom stereocenters. The van der Waals surface area contributed by atoms with Gasteiger partial charge in [-0.1, -0.05) is 12.1 Å². The van der Waals surface area contributed by atoms with Gasteiger partial charge >= 0.3 is 0 Å². The van der Waals surface area contributed by atoms with Gasteiger partial charge in [-0.2, -0.15) is 5.10 Å². The third-order valence-electron chi connectivity index (χ3n) is 3.39. The number of carbonyl (C=O) groups excluding carboxylic acids is 1. The monoisotopic (exact) mass is 305 g/mol. The Kier molecular flexibility index (Phi) is 3.96. The second-order valence-electron chi connectivity index (χ2n) is 5.03. The molecule has 110 valence electrons. The molecule has 0 radical (unpaired) electrons. The van der Waals surface area contributed by atoms with Crippen LogP contribution < -0.4 is 5.32 Å². The quantitative estimate of drug-likeness (QED) is 0.947. The summed E-state index contributed by atoms with van der Waals surface area (Å²) in [5.74, 6) is 1.13. The Hall–Kier alpha value is -1.82. The zero-order valence-corrected chi connectivity index (χ0v) is 12.5. The summed E-state index contributed by atoms with van der Waals surface area (Å²) in [5, 5.41) is 7.13. The van der Waals surface area contributed by atoms with E-state index in [1.165, 1.54) is 10.7 Å². The lowest BCUT2D eigenvalue weighted by Gasteiger charge is -2.12. The lowest BCUT2D eigenvalue weighted by molar-refractivity contribution is -0.115. The number of carbonyl (C=O) groups is 1. The average molecular weight is 305 g/mol. The van der Waals surface area contributed by atoms with Crippen molar-refractivity contribution in [1.82, 2.24) is 9.78 Å². The van der Waals surface area contributed by atoms with E-state index in [4.69, 9.17) is 0 Å². The Morgan fingerprint density at radius 3 is 3.00 bits per heavy atom. The van der Waals surface area contributed by atoms with Crippen LogP contribution in [0.4, 0.5) is 10.2 Å². The minimum atomic E-state index is -0.369. The van der Waals surface area contributed by atoms with Gasteiger partial charge < -0.3 is 5.32 Å². The molecule has 1 aliphatic heterocycles. The maximum atomic E-state index is 13.9. The molecule has 0 saturated carbocycles. The van der Waals surface area contributed by atoms with Crippen molar-refractivity contribution in [1.29, 1.82) is 0 Å². The molecular formula is C15H16FN3OS. The number of halogens is 1. The molecule has 1 aromatic carbocycles. The van der Waals surface area contributed by atoms with Crippen molar-refractivity contribution in [3.05, 3.63) is 41.8 Å². The number of aryl methyl sites for hydroxylation is 1. The normalized spacial score (nSPS) is 17.9. The Balaban J connectivity index is 1.89. The van der Waals surface area contributed by atoms with E-state index in [9.17, 15) is 9.18 Å². The van der Waals surface area contributed by atoms with E-state index in [1.807, 2.05) is 6.92 Å². The van der Waals surface area contributed by atoms with Crippen LogP contribution in [0.25, 0.3) is 5.69 Å². The summed E-state index contributed by atoms with van der Waals surface area (Å²) < 4.78 is 15.4. The van der Waals surface area contributed by atoms with E-state index in [2.05, 4.69) is 10.4 Å². The summed E-state index contributed by atoms with van der Waals surface area (Å²) in [6.07, 6.45) is 1.96. The first-order chi connectivity index (χ1) is 10.1. The van der Waals surface area contributed by atoms with Gasteiger partial charge in [0.05, 0.1) is 10.9 Å². The highest BCUT2D eigenvalue weighted by Gasteiger charge is 2.24. The van der Waals surface area contributed by atoms with Gasteiger partial charge in [0.2, 0.25) is 5.91 Å². The molecule has 6 heteroatoms. The standard InChI is InChI=1S/C15H16FN3OS/c1-10-9-14(17-15(20)13-7-4-8-21-13)19(18-10)12-6-3-2-5-11(12)16/h2-3,5-6,9,13H,4,7-8H2,1H3,(H,17,20)/t13-/m0/s1. The highest BCUT2D eigenvalue weighted by Crippen LogP contribution is 2.28.